The lowest BCUT2D eigenvalue weighted by atomic mass is 10.0. The molecule has 1 heterocycles. The van der Waals surface area contributed by atoms with Crippen molar-refractivity contribution in [1.82, 2.24) is 10.2 Å². The van der Waals surface area contributed by atoms with Crippen LogP contribution in [0.1, 0.15) is 52.9 Å². The van der Waals surface area contributed by atoms with Gasteiger partial charge in [0.2, 0.25) is 5.91 Å². The first kappa shape index (κ1) is 16.4. The Balaban J connectivity index is 2.43. The summed E-state index contributed by atoms with van der Waals surface area (Å²) < 4.78 is 5.21. The third-order valence-corrected chi connectivity index (χ3v) is 3.94. The lowest BCUT2D eigenvalue weighted by Crippen LogP contribution is -2.48. The molecule has 1 amide bonds. The van der Waals surface area contributed by atoms with Gasteiger partial charge in [0.15, 0.2) is 0 Å². The summed E-state index contributed by atoms with van der Waals surface area (Å²) in [6.45, 7) is 8.14. The zero-order valence-electron chi connectivity index (χ0n) is 12.9. The highest BCUT2D eigenvalue weighted by molar-refractivity contribution is 5.76. The van der Waals surface area contributed by atoms with Crippen molar-refractivity contribution in [3.05, 3.63) is 0 Å². The molecule has 19 heavy (non-hydrogen) atoms. The summed E-state index contributed by atoms with van der Waals surface area (Å²) in [5.41, 5.74) is 0. The Kier molecular flexibility index (Phi) is 7.39. The largest absolute Gasteiger partial charge is 0.382 e. The number of piperidine rings is 1. The topological polar surface area (TPSA) is 41.6 Å². The SMILES string of the molecule is COC(C)CCC(=O)N(CC1CCCCN1)C(C)C. The van der Waals surface area contributed by atoms with Crippen LogP contribution >= 0.6 is 0 Å². The number of methoxy groups -OCH3 is 1. The van der Waals surface area contributed by atoms with E-state index in [-0.39, 0.29) is 18.1 Å². The normalized spacial score (nSPS) is 21.4. The van der Waals surface area contributed by atoms with Crippen LogP contribution in [0.5, 0.6) is 0 Å². The molecule has 0 aromatic carbocycles. The van der Waals surface area contributed by atoms with E-state index in [1.54, 1.807) is 7.11 Å². The molecular weight excluding hydrogens is 240 g/mol. The highest BCUT2D eigenvalue weighted by Gasteiger charge is 2.22. The van der Waals surface area contributed by atoms with Crippen molar-refractivity contribution >= 4 is 5.91 Å². The molecule has 1 aliphatic rings. The Hall–Kier alpha value is -0.610. The maximum absolute atomic E-state index is 12.3. The number of carbonyl (C=O) groups excluding carboxylic acids is 1. The van der Waals surface area contributed by atoms with Crippen LogP contribution < -0.4 is 5.32 Å². The molecule has 0 aliphatic carbocycles. The van der Waals surface area contributed by atoms with Gasteiger partial charge < -0.3 is 15.0 Å². The highest BCUT2D eigenvalue weighted by atomic mass is 16.5. The van der Waals surface area contributed by atoms with E-state index in [1.165, 1.54) is 19.3 Å². The number of hydrogen-bond donors (Lipinski definition) is 1. The summed E-state index contributed by atoms with van der Waals surface area (Å²) in [4.78, 5) is 14.3. The molecule has 1 rings (SSSR count). The van der Waals surface area contributed by atoms with Gasteiger partial charge in [0.25, 0.3) is 0 Å². The quantitative estimate of drug-likeness (QED) is 0.771. The van der Waals surface area contributed by atoms with E-state index in [0.29, 0.717) is 12.5 Å². The number of carbonyl (C=O) groups is 1. The first-order chi connectivity index (χ1) is 9.04. The van der Waals surface area contributed by atoms with Crippen LogP contribution in [0.2, 0.25) is 0 Å². The van der Waals surface area contributed by atoms with Crippen molar-refractivity contribution in [3.63, 3.8) is 0 Å². The van der Waals surface area contributed by atoms with Gasteiger partial charge in [-0.15, -0.1) is 0 Å². The van der Waals surface area contributed by atoms with Crippen molar-refractivity contribution in [3.8, 4) is 0 Å². The maximum atomic E-state index is 12.3. The number of nitrogens with zero attached hydrogens (tertiary/aromatic N) is 1. The maximum Gasteiger partial charge on any atom is 0.222 e. The Bertz CT molecular complexity index is 263. The Labute approximate surface area is 117 Å². The second-order valence-electron chi connectivity index (χ2n) is 5.87. The van der Waals surface area contributed by atoms with E-state index >= 15 is 0 Å². The third-order valence-electron chi connectivity index (χ3n) is 3.94. The molecule has 0 saturated carbocycles. The molecule has 2 atom stereocenters. The van der Waals surface area contributed by atoms with Gasteiger partial charge in [0, 0.05) is 32.2 Å². The van der Waals surface area contributed by atoms with E-state index in [0.717, 1.165) is 19.5 Å². The molecule has 0 aromatic heterocycles. The summed E-state index contributed by atoms with van der Waals surface area (Å²) >= 11 is 0. The summed E-state index contributed by atoms with van der Waals surface area (Å²) in [5.74, 6) is 0.256. The number of hydrogen-bond acceptors (Lipinski definition) is 3. The Morgan fingerprint density at radius 3 is 2.63 bits per heavy atom. The van der Waals surface area contributed by atoms with Crippen molar-refractivity contribution in [2.75, 3.05) is 20.2 Å². The molecule has 0 bridgehead atoms. The Morgan fingerprint density at radius 2 is 2.11 bits per heavy atom. The van der Waals surface area contributed by atoms with Crippen molar-refractivity contribution in [2.45, 2.75) is 71.1 Å². The van der Waals surface area contributed by atoms with Gasteiger partial charge in [-0.1, -0.05) is 6.42 Å². The van der Waals surface area contributed by atoms with Crippen LogP contribution in [0.3, 0.4) is 0 Å². The van der Waals surface area contributed by atoms with Crippen LogP contribution in [0.25, 0.3) is 0 Å². The van der Waals surface area contributed by atoms with Crippen LogP contribution in [0.4, 0.5) is 0 Å². The molecule has 4 nitrogen and oxygen atoms in total. The molecule has 0 radical (unpaired) electrons. The number of rotatable bonds is 7. The Morgan fingerprint density at radius 1 is 1.37 bits per heavy atom. The smallest absolute Gasteiger partial charge is 0.222 e. The lowest BCUT2D eigenvalue weighted by Gasteiger charge is -2.33. The fourth-order valence-electron chi connectivity index (χ4n) is 2.51. The summed E-state index contributed by atoms with van der Waals surface area (Å²) in [5, 5.41) is 3.52. The van der Waals surface area contributed by atoms with Crippen LogP contribution in [0.15, 0.2) is 0 Å². The molecule has 4 heteroatoms. The van der Waals surface area contributed by atoms with Crippen molar-refractivity contribution in [1.29, 1.82) is 0 Å². The van der Waals surface area contributed by atoms with Crippen LogP contribution in [0, 0.1) is 0 Å². The highest BCUT2D eigenvalue weighted by Crippen LogP contribution is 2.13. The molecule has 1 saturated heterocycles. The van der Waals surface area contributed by atoms with E-state index in [2.05, 4.69) is 19.2 Å². The minimum Gasteiger partial charge on any atom is -0.382 e. The fraction of sp³-hybridized carbons (Fsp3) is 0.933. The molecule has 1 N–H and O–H groups in total. The van der Waals surface area contributed by atoms with Crippen molar-refractivity contribution < 1.29 is 9.53 Å². The standard InChI is InChI=1S/C15H30N2O2/c1-12(2)17(11-14-7-5-6-10-16-14)15(18)9-8-13(3)19-4/h12-14,16H,5-11H2,1-4H3. The summed E-state index contributed by atoms with van der Waals surface area (Å²) in [6.07, 6.45) is 5.27. The van der Waals surface area contributed by atoms with Gasteiger partial charge in [-0.2, -0.15) is 0 Å². The zero-order chi connectivity index (χ0) is 14.3. The van der Waals surface area contributed by atoms with Crippen molar-refractivity contribution in [2.24, 2.45) is 0 Å². The van der Waals surface area contributed by atoms with Gasteiger partial charge in [0.05, 0.1) is 6.10 Å². The summed E-state index contributed by atoms with van der Waals surface area (Å²) in [6, 6.07) is 0.744. The minimum absolute atomic E-state index is 0.158. The fourth-order valence-corrected chi connectivity index (χ4v) is 2.51. The number of nitrogens with one attached hydrogen (secondary N) is 1. The van der Waals surface area contributed by atoms with Crippen LogP contribution in [-0.2, 0) is 9.53 Å². The molecule has 0 aromatic rings. The average Bonchev–Trinajstić information content (AvgIpc) is 2.42. The second-order valence-corrected chi connectivity index (χ2v) is 5.87. The van der Waals surface area contributed by atoms with Gasteiger partial charge in [-0.05, 0) is 46.6 Å². The molecule has 1 fully saturated rings. The third kappa shape index (κ3) is 5.91. The minimum atomic E-state index is 0.158. The number of amides is 1. The predicted octanol–water partition coefficient (Wildman–Crippen LogP) is 2.18. The molecular formula is C15H30N2O2. The first-order valence-corrected chi connectivity index (χ1v) is 7.60. The van der Waals surface area contributed by atoms with Gasteiger partial charge >= 0.3 is 0 Å². The van der Waals surface area contributed by atoms with E-state index < -0.39 is 0 Å². The molecule has 2 unspecified atom stereocenters. The van der Waals surface area contributed by atoms with E-state index in [1.807, 2.05) is 11.8 Å². The van der Waals surface area contributed by atoms with Gasteiger partial charge in [-0.3, -0.25) is 4.79 Å². The van der Waals surface area contributed by atoms with E-state index in [4.69, 9.17) is 4.74 Å². The predicted molar refractivity (Wildman–Crippen MR) is 78.2 cm³/mol. The van der Waals surface area contributed by atoms with E-state index in [9.17, 15) is 4.79 Å². The van der Waals surface area contributed by atoms with Gasteiger partial charge in [-0.25, -0.2) is 0 Å². The van der Waals surface area contributed by atoms with Crippen LogP contribution in [-0.4, -0.2) is 49.2 Å². The first-order valence-electron chi connectivity index (χ1n) is 7.60. The number of ether oxygens (including phenoxy) is 1. The lowest BCUT2D eigenvalue weighted by molar-refractivity contribution is -0.134. The summed E-state index contributed by atoms with van der Waals surface area (Å²) in [7, 11) is 1.70. The molecule has 0 spiro atoms. The average molecular weight is 270 g/mol. The molecule has 112 valence electrons. The monoisotopic (exact) mass is 270 g/mol. The molecule has 1 aliphatic heterocycles. The zero-order valence-corrected chi connectivity index (χ0v) is 12.9. The second kappa shape index (κ2) is 8.54. The van der Waals surface area contributed by atoms with Gasteiger partial charge in [0.1, 0.15) is 0 Å².